The fourth-order valence-corrected chi connectivity index (χ4v) is 3.80. The van der Waals surface area contributed by atoms with Crippen LogP contribution >= 0.6 is 0 Å². The van der Waals surface area contributed by atoms with Crippen molar-refractivity contribution in [1.82, 2.24) is 9.97 Å². The number of rotatable bonds is 7. The summed E-state index contributed by atoms with van der Waals surface area (Å²) in [6, 6.07) is 15.3. The summed E-state index contributed by atoms with van der Waals surface area (Å²) in [5.74, 6) is 2.72. The largest absolute Gasteiger partial charge is 0.494 e. The monoisotopic (exact) mass is 432 g/mol. The molecule has 2 aromatic carbocycles. The summed E-state index contributed by atoms with van der Waals surface area (Å²) in [4.78, 5) is 23.8. The van der Waals surface area contributed by atoms with Gasteiger partial charge in [0.1, 0.15) is 11.5 Å². The zero-order valence-electron chi connectivity index (χ0n) is 18.5. The van der Waals surface area contributed by atoms with Crippen molar-refractivity contribution in [1.29, 1.82) is 0 Å². The molecule has 166 valence electrons. The number of carbonyl (C=O) groups excluding carboxylic acids is 1. The lowest BCUT2D eigenvalue weighted by atomic mass is 9.96. The maximum Gasteiger partial charge on any atom is 0.263 e. The first-order valence-corrected chi connectivity index (χ1v) is 11.0. The Balaban J connectivity index is 1.36. The molecule has 0 aliphatic carbocycles. The second kappa shape index (κ2) is 10.1. The number of nitrogens with one attached hydrogen (secondary N) is 1. The van der Waals surface area contributed by atoms with Crippen LogP contribution in [0.4, 0.5) is 11.5 Å². The van der Waals surface area contributed by atoms with Gasteiger partial charge >= 0.3 is 0 Å². The Bertz CT molecular complexity index is 1050. The third-order valence-corrected chi connectivity index (χ3v) is 5.45. The van der Waals surface area contributed by atoms with E-state index in [1.165, 1.54) is 0 Å². The highest BCUT2D eigenvalue weighted by molar-refractivity contribution is 5.92. The van der Waals surface area contributed by atoms with Crippen molar-refractivity contribution in [3.05, 3.63) is 66.5 Å². The number of amides is 1. The second-order valence-electron chi connectivity index (χ2n) is 7.81. The molecule has 0 radical (unpaired) electrons. The van der Waals surface area contributed by atoms with Gasteiger partial charge in [-0.1, -0.05) is 12.1 Å². The van der Waals surface area contributed by atoms with Gasteiger partial charge in [0.05, 0.1) is 6.61 Å². The summed E-state index contributed by atoms with van der Waals surface area (Å²) in [5, 5.41) is 3.02. The average molecular weight is 433 g/mol. The van der Waals surface area contributed by atoms with Gasteiger partial charge in [0, 0.05) is 37.1 Å². The highest BCUT2D eigenvalue weighted by Crippen LogP contribution is 2.31. The van der Waals surface area contributed by atoms with Crippen LogP contribution in [0.25, 0.3) is 0 Å². The van der Waals surface area contributed by atoms with Crippen LogP contribution in [0.2, 0.25) is 0 Å². The Labute approximate surface area is 188 Å². The van der Waals surface area contributed by atoms with E-state index in [1.54, 1.807) is 12.4 Å². The lowest BCUT2D eigenvalue weighted by molar-refractivity contribution is -0.120. The van der Waals surface area contributed by atoms with Crippen molar-refractivity contribution in [3.8, 4) is 17.4 Å². The molecule has 1 aliphatic heterocycles. The van der Waals surface area contributed by atoms with E-state index in [0.717, 1.165) is 35.6 Å². The molecule has 1 aromatic heterocycles. The molecule has 1 saturated heterocycles. The Hall–Kier alpha value is -3.61. The molecule has 0 atom stereocenters. The number of hydrogen-bond acceptors (Lipinski definition) is 6. The molecule has 1 aliphatic rings. The summed E-state index contributed by atoms with van der Waals surface area (Å²) < 4.78 is 11.5. The molecular weight excluding hydrogens is 404 g/mol. The molecule has 0 bridgehead atoms. The van der Waals surface area contributed by atoms with Gasteiger partial charge in [0.25, 0.3) is 5.88 Å². The zero-order valence-corrected chi connectivity index (χ0v) is 18.5. The highest BCUT2D eigenvalue weighted by Gasteiger charge is 2.27. The number of piperidine rings is 1. The van der Waals surface area contributed by atoms with Gasteiger partial charge < -0.3 is 19.7 Å². The molecule has 0 unspecified atom stereocenters. The molecular formula is C25H28N4O3. The predicted octanol–water partition coefficient (Wildman–Crippen LogP) is 4.83. The summed E-state index contributed by atoms with van der Waals surface area (Å²) >= 11 is 0. The van der Waals surface area contributed by atoms with Crippen molar-refractivity contribution < 1.29 is 14.3 Å². The molecule has 0 saturated carbocycles. The van der Waals surface area contributed by atoms with Crippen LogP contribution in [0, 0.1) is 12.8 Å². The Morgan fingerprint density at radius 3 is 2.53 bits per heavy atom. The van der Waals surface area contributed by atoms with Gasteiger partial charge in [-0.05, 0) is 68.7 Å². The fourth-order valence-electron chi connectivity index (χ4n) is 3.80. The first-order valence-electron chi connectivity index (χ1n) is 11.0. The number of nitrogens with zero attached hydrogens (tertiary/aromatic N) is 3. The molecule has 1 fully saturated rings. The van der Waals surface area contributed by atoms with E-state index in [2.05, 4.69) is 20.2 Å². The van der Waals surface area contributed by atoms with E-state index in [1.807, 2.05) is 62.4 Å². The first kappa shape index (κ1) is 21.6. The van der Waals surface area contributed by atoms with Crippen LogP contribution in [0.15, 0.2) is 60.9 Å². The maximum atomic E-state index is 12.7. The smallest absolute Gasteiger partial charge is 0.263 e. The zero-order chi connectivity index (χ0) is 22.3. The number of carbonyl (C=O) groups is 1. The quantitative estimate of drug-likeness (QED) is 0.576. The lowest BCUT2D eigenvalue weighted by Gasteiger charge is -2.32. The van der Waals surface area contributed by atoms with Gasteiger partial charge in [-0.15, -0.1) is 0 Å². The number of benzene rings is 2. The molecule has 0 spiro atoms. The van der Waals surface area contributed by atoms with E-state index in [4.69, 9.17) is 9.47 Å². The summed E-state index contributed by atoms with van der Waals surface area (Å²) in [5.41, 5.74) is 1.90. The topological polar surface area (TPSA) is 76.6 Å². The van der Waals surface area contributed by atoms with Crippen LogP contribution in [-0.2, 0) is 4.79 Å². The van der Waals surface area contributed by atoms with Crippen molar-refractivity contribution >= 4 is 17.4 Å². The van der Waals surface area contributed by atoms with E-state index in [9.17, 15) is 4.79 Å². The molecule has 32 heavy (non-hydrogen) atoms. The van der Waals surface area contributed by atoms with E-state index in [-0.39, 0.29) is 11.8 Å². The van der Waals surface area contributed by atoms with Gasteiger partial charge in [0.2, 0.25) is 5.91 Å². The van der Waals surface area contributed by atoms with Gasteiger partial charge in [0.15, 0.2) is 5.82 Å². The standard InChI is InChI=1S/C25H28N4O3/c1-3-31-21-9-7-20(8-10-21)28-24(30)19-11-15-29(16-12-19)23-25(27-14-13-26-23)32-22-6-4-5-18(2)17-22/h4-10,13-14,17,19H,3,11-12,15-16H2,1-2H3,(H,28,30). The van der Waals surface area contributed by atoms with Crippen molar-refractivity contribution in [2.75, 3.05) is 29.9 Å². The minimum Gasteiger partial charge on any atom is -0.494 e. The van der Waals surface area contributed by atoms with Gasteiger partial charge in [-0.25, -0.2) is 9.97 Å². The van der Waals surface area contributed by atoms with Crippen LogP contribution < -0.4 is 19.7 Å². The molecule has 1 amide bonds. The number of hydrogen-bond donors (Lipinski definition) is 1. The number of aromatic nitrogens is 2. The number of ether oxygens (including phenoxy) is 2. The van der Waals surface area contributed by atoms with Crippen molar-refractivity contribution in [3.63, 3.8) is 0 Å². The van der Waals surface area contributed by atoms with Gasteiger partial charge in [-0.2, -0.15) is 0 Å². The first-order chi connectivity index (χ1) is 15.6. The summed E-state index contributed by atoms with van der Waals surface area (Å²) in [6.07, 6.45) is 4.78. The van der Waals surface area contributed by atoms with E-state index < -0.39 is 0 Å². The number of anilines is 2. The normalized spacial score (nSPS) is 14.1. The highest BCUT2D eigenvalue weighted by atomic mass is 16.5. The third kappa shape index (κ3) is 5.35. The average Bonchev–Trinajstić information content (AvgIpc) is 2.81. The Kier molecular flexibility index (Phi) is 6.84. The van der Waals surface area contributed by atoms with Crippen LogP contribution in [0.5, 0.6) is 17.4 Å². The summed E-state index contributed by atoms with van der Waals surface area (Å²) in [6.45, 7) is 6.01. The molecule has 7 heteroatoms. The van der Waals surface area contributed by atoms with Crippen molar-refractivity contribution in [2.45, 2.75) is 26.7 Å². The molecule has 4 rings (SSSR count). The predicted molar refractivity (Wildman–Crippen MR) is 124 cm³/mol. The van der Waals surface area contributed by atoms with Crippen LogP contribution in [0.1, 0.15) is 25.3 Å². The Morgan fingerprint density at radius 1 is 1.06 bits per heavy atom. The van der Waals surface area contributed by atoms with E-state index in [0.29, 0.717) is 31.4 Å². The van der Waals surface area contributed by atoms with Crippen molar-refractivity contribution in [2.24, 2.45) is 5.92 Å². The fraction of sp³-hybridized carbons (Fsp3) is 0.320. The second-order valence-corrected chi connectivity index (χ2v) is 7.81. The van der Waals surface area contributed by atoms with Gasteiger partial charge in [-0.3, -0.25) is 4.79 Å². The molecule has 7 nitrogen and oxygen atoms in total. The maximum absolute atomic E-state index is 12.7. The minimum absolute atomic E-state index is 0.0455. The SMILES string of the molecule is CCOc1ccc(NC(=O)C2CCN(c3nccnc3Oc3cccc(C)c3)CC2)cc1. The molecule has 1 N–H and O–H groups in total. The number of aryl methyl sites for hydroxylation is 1. The van der Waals surface area contributed by atoms with Crippen LogP contribution in [-0.4, -0.2) is 35.6 Å². The molecule has 2 heterocycles. The molecule has 3 aromatic rings. The Morgan fingerprint density at radius 2 is 1.81 bits per heavy atom. The summed E-state index contributed by atoms with van der Waals surface area (Å²) in [7, 11) is 0. The van der Waals surface area contributed by atoms with E-state index >= 15 is 0 Å². The van der Waals surface area contributed by atoms with Crippen LogP contribution in [0.3, 0.4) is 0 Å². The minimum atomic E-state index is -0.0457. The third-order valence-electron chi connectivity index (χ3n) is 5.45. The lowest BCUT2D eigenvalue weighted by Crippen LogP contribution is -2.38.